The number of halogens is 1. The van der Waals surface area contributed by atoms with Crippen molar-refractivity contribution in [3.63, 3.8) is 0 Å². The zero-order valence-corrected chi connectivity index (χ0v) is 16.1. The number of hydrogen-bond acceptors (Lipinski definition) is 5. The van der Waals surface area contributed by atoms with E-state index in [0.29, 0.717) is 43.2 Å². The Morgan fingerprint density at radius 1 is 1.00 bits per heavy atom. The van der Waals surface area contributed by atoms with Crippen LogP contribution in [-0.2, 0) is 4.79 Å². The molecule has 2 unspecified atom stereocenters. The van der Waals surface area contributed by atoms with Gasteiger partial charge in [0.25, 0.3) is 5.91 Å². The predicted octanol–water partition coefficient (Wildman–Crippen LogP) is 1.64. The molecule has 0 aromatic heterocycles. The summed E-state index contributed by atoms with van der Waals surface area (Å²) in [5.74, 6) is 1.50. The molecule has 2 amide bonds. The van der Waals surface area contributed by atoms with E-state index in [0.717, 1.165) is 25.7 Å². The normalized spacial score (nSPS) is 24.3. The van der Waals surface area contributed by atoms with Gasteiger partial charge in [0, 0.05) is 43.7 Å². The quantitative estimate of drug-likeness (QED) is 0.822. The lowest BCUT2D eigenvalue weighted by molar-refractivity contribution is -0.138. The summed E-state index contributed by atoms with van der Waals surface area (Å²) in [4.78, 5) is 29.1. The van der Waals surface area contributed by atoms with Crippen LogP contribution >= 0.6 is 12.4 Å². The number of nitrogens with two attached hydrogens (primary N) is 1. The molecule has 1 aromatic rings. The highest BCUT2D eigenvalue weighted by molar-refractivity contribution is 5.95. The highest BCUT2D eigenvalue weighted by Crippen LogP contribution is 2.33. The van der Waals surface area contributed by atoms with Crippen molar-refractivity contribution >= 4 is 24.2 Å². The van der Waals surface area contributed by atoms with Gasteiger partial charge in [0.15, 0.2) is 11.5 Å². The third kappa shape index (κ3) is 4.14. The van der Waals surface area contributed by atoms with Gasteiger partial charge in [-0.3, -0.25) is 9.59 Å². The van der Waals surface area contributed by atoms with Crippen LogP contribution in [0.1, 0.15) is 36.0 Å². The van der Waals surface area contributed by atoms with Crippen LogP contribution in [0.3, 0.4) is 0 Å². The Labute approximate surface area is 165 Å². The van der Waals surface area contributed by atoms with Gasteiger partial charge in [-0.2, -0.15) is 0 Å². The van der Waals surface area contributed by atoms with E-state index in [9.17, 15) is 9.59 Å². The maximum atomic E-state index is 12.7. The predicted molar refractivity (Wildman–Crippen MR) is 102 cm³/mol. The van der Waals surface area contributed by atoms with Crippen LogP contribution in [0.4, 0.5) is 0 Å². The van der Waals surface area contributed by atoms with E-state index in [1.54, 1.807) is 23.1 Å². The zero-order chi connectivity index (χ0) is 18.1. The molecule has 3 aliphatic rings. The summed E-state index contributed by atoms with van der Waals surface area (Å²) >= 11 is 0. The molecule has 4 rings (SSSR count). The lowest BCUT2D eigenvalue weighted by Gasteiger charge is -2.37. The molecule has 0 spiro atoms. The van der Waals surface area contributed by atoms with E-state index in [1.165, 1.54) is 0 Å². The lowest BCUT2D eigenvalue weighted by Crippen LogP contribution is -2.52. The molecular formula is C19H26ClN3O4. The third-order valence-electron chi connectivity index (χ3n) is 5.56. The van der Waals surface area contributed by atoms with Crippen molar-refractivity contribution < 1.29 is 19.1 Å². The smallest absolute Gasteiger partial charge is 0.254 e. The first-order chi connectivity index (χ1) is 12.6. The van der Waals surface area contributed by atoms with E-state index < -0.39 is 0 Å². The average molecular weight is 396 g/mol. The second kappa shape index (κ2) is 8.35. The van der Waals surface area contributed by atoms with Crippen molar-refractivity contribution in [2.75, 3.05) is 33.0 Å². The maximum absolute atomic E-state index is 12.7. The minimum absolute atomic E-state index is 0. The minimum atomic E-state index is -0.0323. The fraction of sp³-hybridized carbons (Fsp3) is 0.579. The highest BCUT2D eigenvalue weighted by atomic mass is 35.5. The molecule has 27 heavy (non-hydrogen) atoms. The standard InChI is InChI=1S/C19H25N3O4.ClH/c20-15-3-1-2-13(10-15)18(23)21-6-8-22(9-7-21)19(24)14-4-5-16-17(11-14)26-12-25-16;/h4-5,11,13,15H,1-3,6-10,12,20H2;1H. The average Bonchev–Trinajstić information content (AvgIpc) is 3.15. The van der Waals surface area contributed by atoms with Gasteiger partial charge in [-0.05, 0) is 37.5 Å². The summed E-state index contributed by atoms with van der Waals surface area (Å²) in [6, 6.07) is 5.40. The summed E-state index contributed by atoms with van der Waals surface area (Å²) in [6.45, 7) is 2.47. The number of carbonyl (C=O) groups excluding carboxylic acids is 2. The zero-order valence-electron chi connectivity index (χ0n) is 15.3. The molecule has 2 aliphatic heterocycles. The monoisotopic (exact) mass is 395 g/mol. The first kappa shape index (κ1) is 19.8. The molecule has 0 bridgehead atoms. The van der Waals surface area contributed by atoms with Crippen LogP contribution in [0.15, 0.2) is 18.2 Å². The van der Waals surface area contributed by atoms with Gasteiger partial charge < -0.3 is 25.0 Å². The van der Waals surface area contributed by atoms with E-state index >= 15 is 0 Å². The van der Waals surface area contributed by atoms with Gasteiger partial charge in [-0.1, -0.05) is 6.42 Å². The van der Waals surface area contributed by atoms with E-state index in [2.05, 4.69) is 0 Å². The summed E-state index contributed by atoms with van der Waals surface area (Å²) < 4.78 is 10.6. The van der Waals surface area contributed by atoms with E-state index in [-0.39, 0.29) is 43.0 Å². The van der Waals surface area contributed by atoms with Crippen LogP contribution < -0.4 is 15.2 Å². The molecule has 1 aromatic carbocycles. The van der Waals surface area contributed by atoms with Gasteiger partial charge >= 0.3 is 0 Å². The molecule has 148 valence electrons. The van der Waals surface area contributed by atoms with Crippen molar-refractivity contribution in [1.29, 1.82) is 0 Å². The molecule has 2 atom stereocenters. The summed E-state index contributed by atoms with van der Waals surface area (Å²) in [5, 5.41) is 0. The Kier molecular flexibility index (Phi) is 6.11. The third-order valence-corrected chi connectivity index (χ3v) is 5.56. The van der Waals surface area contributed by atoms with Crippen molar-refractivity contribution in [2.24, 2.45) is 11.7 Å². The molecule has 2 heterocycles. The van der Waals surface area contributed by atoms with E-state index in [1.807, 2.05) is 4.90 Å². The Morgan fingerprint density at radius 2 is 1.70 bits per heavy atom. The molecule has 1 aliphatic carbocycles. The molecule has 8 heteroatoms. The van der Waals surface area contributed by atoms with Crippen LogP contribution in [-0.4, -0.2) is 60.6 Å². The Bertz CT molecular complexity index is 706. The van der Waals surface area contributed by atoms with Crippen molar-refractivity contribution in [1.82, 2.24) is 9.80 Å². The molecule has 2 N–H and O–H groups in total. The van der Waals surface area contributed by atoms with Gasteiger partial charge in [0.1, 0.15) is 0 Å². The van der Waals surface area contributed by atoms with Gasteiger partial charge in [0.2, 0.25) is 12.7 Å². The van der Waals surface area contributed by atoms with Crippen LogP contribution in [0.25, 0.3) is 0 Å². The first-order valence-corrected chi connectivity index (χ1v) is 9.35. The lowest BCUT2D eigenvalue weighted by atomic mass is 9.85. The maximum Gasteiger partial charge on any atom is 0.254 e. The minimum Gasteiger partial charge on any atom is -0.454 e. The van der Waals surface area contributed by atoms with Crippen molar-refractivity contribution in [3.8, 4) is 11.5 Å². The fourth-order valence-electron chi connectivity index (χ4n) is 4.05. The van der Waals surface area contributed by atoms with Crippen molar-refractivity contribution in [2.45, 2.75) is 31.7 Å². The first-order valence-electron chi connectivity index (χ1n) is 9.35. The molecule has 1 saturated heterocycles. The summed E-state index contributed by atoms with van der Waals surface area (Å²) in [5.41, 5.74) is 6.60. The Balaban J connectivity index is 0.00000210. The molecule has 2 fully saturated rings. The topological polar surface area (TPSA) is 85.1 Å². The van der Waals surface area contributed by atoms with Gasteiger partial charge in [-0.25, -0.2) is 0 Å². The van der Waals surface area contributed by atoms with E-state index in [4.69, 9.17) is 15.2 Å². The highest BCUT2D eigenvalue weighted by Gasteiger charge is 2.32. The number of hydrogen-bond donors (Lipinski definition) is 1. The molecule has 7 nitrogen and oxygen atoms in total. The summed E-state index contributed by atoms with van der Waals surface area (Å²) in [7, 11) is 0. The number of fused-ring (bicyclic) bond motifs is 1. The number of carbonyl (C=O) groups is 2. The number of amides is 2. The largest absolute Gasteiger partial charge is 0.454 e. The Morgan fingerprint density at radius 3 is 2.44 bits per heavy atom. The molecule has 0 radical (unpaired) electrons. The van der Waals surface area contributed by atoms with Crippen molar-refractivity contribution in [3.05, 3.63) is 23.8 Å². The second-order valence-electron chi connectivity index (χ2n) is 7.31. The number of nitrogens with zero attached hydrogens (tertiary/aromatic N) is 2. The SMILES string of the molecule is Cl.NC1CCCC(C(=O)N2CCN(C(=O)c3ccc4c(c3)OCO4)CC2)C1. The van der Waals surface area contributed by atoms with Gasteiger partial charge in [0.05, 0.1) is 0 Å². The number of rotatable bonds is 2. The van der Waals surface area contributed by atoms with Gasteiger partial charge in [-0.15, -0.1) is 12.4 Å². The van der Waals surface area contributed by atoms with Crippen LogP contribution in [0.2, 0.25) is 0 Å². The summed E-state index contributed by atoms with van der Waals surface area (Å²) in [6.07, 6.45) is 3.76. The number of piperazine rings is 1. The molecule has 1 saturated carbocycles. The van der Waals surface area contributed by atoms with Crippen LogP contribution in [0.5, 0.6) is 11.5 Å². The Hall–Kier alpha value is -1.99. The fourth-order valence-corrected chi connectivity index (χ4v) is 4.05. The number of benzene rings is 1. The molecular weight excluding hydrogens is 370 g/mol. The second-order valence-corrected chi connectivity index (χ2v) is 7.31. The van der Waals surface area contributed by atoms with Crippen LogP contribution in [0, 0.1) is 5.92 Å². The number of ether oxygens (including phenoxy) is 2.